The molecule has 3 aliphatic heterocycles. The number of aromatic nitrogens is 1. The van der Waals surface area contributed by atoms with E-state index in [4.69, 9.17) is 4.74 Å². The highest BCUT2D eigenvalue weighted by Gasteiger charge is 2.59. The standard InChI is InChI=1S/C22H22BrN3O5S2/c1-22(2)15-16(19(29)26(18(15)28)13-5-3-12(23)4-6-13)32-20-17(22)33-21(30)25(20)11-14(27)24-7-9-31-10-8-24/h3-6,15-16H,7-11H2,1-2H3/t15-,16+/m1/s1. The number of halogens is 1. The molecule has 0 bridgehead atoms. The lowest BCUT2D eigenvalue weighted by Gasteiger charge is -2.36. The van der Waals surface area contributed by atoms with Crippen molar-refractivity contribution in [1.82, 2.24) is 9.47 Å². The summed E-state index contributed by atoms with van der Waals surface area (Å²) in [6.45, 7) is 5.69. The Labute approximate surface area is 207 Å². The first kappa shape index (κ1) is 22.8. The molecule has 2 aromatic rings. The molecular formula is C22H22BrN3O5S2. The van der Waals surface area contributed by atoms with Gasteiger partial charge in [-0.2, -0.15) is 0 Å². The van der Waals surface area contributed by atoms with Gasteiger partial charge in [-0.3, -0.25) is 23.7 Å². The quantitative estimate of drug-likeness (QED) is 0.544. The predicted octanol–water partition coefficient (Wildman–Crippen LogP) is 2.47. The van der Waals surface area contributed by atoms with Crippen LogP contribution in [0.5, 0.6) is 0 Å². The Morgan fingerprint density at radius 2 is 1.79 bits per heavy atom. The summed E-state index contributed by atoms with van der Waals surface area (Å²) in [6, 6.07) is 7.06. The van der Waals surface area contributed by atoms with Crippen molar-refractivity contribution in [3.05, 3.63) is 43.3 Å². The molecule has 1 aromatic heterocycles. The highest BCUT2D eigenvalue weighted by molar-refractivity contribution is 9.10. The molecule has 4 heterocycles. The number of ether oxygens (including phenoxy) is 1. The Balaban J connectivity index is 1.49. The second kappa shape index (κ2) is 8.37. The number of carbonyl (C=O) groups excluding carboxylic acids is 3. The molecule has 3 amide bonds. The van der Waals surface area contributed by atoms with Crippen LogP contribution in [0.3, 0.4) is 0 Å². The van der Waals surface area contributed by atoms with Crippen LogP contribution >= 0.6 is 39.0 Å². The van der Waals surface area contributed by atoms with Gasteiger partial charge in [0.05, 0.1) is 29.8 Å². The zero-order chi connectivity index (χ0) is 23.5. The van der Waals surface area contributed by atoms with Crippen LogP contribution in [0.4, 0.5) is 5.69 Å². The van der Waals surface area contributed by atoms with Gasteiger partial charge < -0.3 is 9.64 Å². The van der Waals surface area contributed by atoms with E-state index in [0.717, 1.165) is 20.7 Å². The van der Waals surface area contributed by atoms with Crippen molar-refractivity contribution < 1.29 is 19.1 Å². The summed E-state index contributed by atoms with van der Waals surface area (Å²) in [7, 11) is 0. The number of thioether (sulfide) groups is 1. The summed E-state index contributed by atoms with van der Waals surface area (Å²) in [5.74, 6) is -1.28. The fourth-order valence-corrected chi connectivity index (χ4v) is 7.96. The summed E-state index contributed by atoms with van der Waals surface area (Å²) in [5.41, 5.74) is -0.193. The monoisotopic (exact) mass is 551 g/mol. The number of amides is 3. The maximum atomic E-state index is 13.5. The van der Waals surface area contributed by atoms with Crippen LogP contribution in [-0.2, 0) is 31.1 Å². The van der Waals surface area contributed by atoms with Crippen molar-refractivity contribution in [2.24, 2.45) is 5.92 Å². The molecule has 0 spiro atoms. The first-order valence-corrected chi connectivity index (χ1v) is 13.1. The van der Waals surface area contributed by atoms with E-state index in [9.17, 15) is 19.2 Å². The minimum Gasteiger partial charge on any atom is -0.378 e. The lowest BCUT2D eigenvalue weighted by Crippen LogP contribution is -2.44. The Morgan fingerprint density at radius 3 is 2.45 bits per heavy atom. The maximum Gasteiger partial charge on any atom is 0.308 e. The fourth-order valence-electron chi connectivity index (χ4n) is 4.66. The highest BCUT2D eigenvalue weighted by Crippen LogP contribution is 2.54. The van der Waals surface area contributed by atoms with Crippen LogP contribution in [0.15, 0.2) is 38.6 Å². The van der Waals surface area contributed by atoms with E-state index in [0.29, 0.717) is 37.0 Å². The second-order valence-electron chi connectivity index (χ2n) is 8.81. The Morgan fingerprint density at radius 1 is 1.12 bits per heavy atom. The fraction of sp³-hybridized carbons (Fsp3) is 0.455. The molecule has 2 atom stereocenters. The molecule has 11 heteroatoms. The van der Waals surface area contributed by atoms with Gasteiger partial charge in [0, 0.05) is 27.9 Å². The van der Waals surface area contributed by atoms with Gasteiger partial charge in [0.15, 0.2) is 0 Å². The first-order valence-electron chi connectivity index (χ1n) is 10.6. The zero-order valence-corrected chi connectivity index (χ0v) is 21.3. The smallest absolute Gasteiger partial charge is 0.308 e. The van der Waals surface area contributed by atoms with Gasteiger partial charge in [0.25, 0.3) is 0 Å². The van der Waals surface area contributed by atoms with Gasteiger partial charge in [-0.15, -0.1) is 0 Å². The van der Waals surface area contributed by atoms with Crippen LogP contribution in [0.25, 0.3) is 0 Å². The number of hydrogen-bond acceptors (Lipinski definition) is 7. The predicted molar refractivity (Wildman–Crippen MR) is 129 cm³/mol. The lowest BCUT2D eigenvalue weighted by molar-refractivity contribution is -0.136. The molecule has 0 aliphatic carbocycles. The van der Waals surface area contributed by atoms with Crippen molar-refractivity contribution in [1.29, 1.82) is 0 Å². The molecule has 0 saturated carbocycles. The topological polar surface area (TPSA) is 88.9 Å². The number of anilines is 1. The number of thiazole rings is 1. The largest absolute Gasteiger partial charge is 0.378 e. The summed E-state index contributed by atoms with van der Waals surface area (Å²) in [6.07, 6.45) is 0. The van der Waals surface area contributed by atoms with E-state index in [1.165, 1.54) is 21.2 Å². The SMILES string of the molecule is CC1(C)c2sc(=O)n(CC(=O)N3CCOCC3)c2S[C@@H]2C(=O)N(c3ccc(Br)cc3)C(=O)[C@@H]21. The van der Waals surface area contributed by atoms with Crippen LogP contribution in [0.2, 0.25) is 0 Å². The Bertz CT molecular complexity index is 1200. The number of benzene rings is 1. The Hall–Kier alpha value is -1.95. The van der Waals surface area contributed by atoms with E-state index in [1.807, 2.05) is 13.8 Å². The van der Waals surface area contributed by atoms with Gasteiger partial charge in [0.1, 0.15) is 11.8 Å². The van der Waals surface area contributed by atoms with Crippen molar-refractivity contribution in [2.45, 2.75) is 36.1 Å². The van der Waals surface area contributed by atoms with Crippen molar-refractivity contribution >= 4 is 62.4 Å². The average molecular weight is 552 g/mol. The number of rotatable bonds is 3. The zero-order valence-electron chi connectivity index (χ0n) is 18.1. The minimum absolute atomic E-state index is 0.0797. The second-order valence-corrected chi connectivity index (χ2v) is 11.8. The third kappa shape index (κ3) is 3.69. The summed E-state index contributed by atoms with van der Waals surface area (Å²) in [4.78, 5) is 56.1. The molecule has 1 aromatic carbocycles. The first-order chi connectivity index (χ1) is 15.7. The lowest BCUT2D eigenvalue weighted by atomic mass is 9.76. The van der Waals surface area contributed by atoms with Gasteiger partial charge in [-0.25, -0.2) is 4.90 Å². The number of nitrogens with zero attached hydrogens (tertiary/aromatic N) is 3. The normalized spacial score (nSPS) is 24.1. The highest BCUT2D eigenvalue weighted by atomic mass is 79.9. The van der Waals surface area contributed by atoms with E-state index in [2.05, 4.69) is 15.9 Å². The molecule has 0 N–H and O–H groups in total. The molecule has 5 rings (SSSR count). The van der Waals surface area contributed by atoms with Crippen molar-refractivity contribution in [2.75, 3.05) is 31.2 Å². The van der Waals surface area contributed by atoms with E-state index in [1.54, 1.807) is 29.2 Å². The molecule has 174 valence electrons. The van der Waals surface area contributed by atoms with E-state index < -0.39 is 16.6 Å². The number of morpholine rings is 1. The molecule has 0 radical (unpaired) electrons. The number of carbonyl (C=O) groups is 3. The van der Waals surface area contributed by atoms with Crippen LogP contribution in [-0.4, -0.2) is 58.7 Å². The summed E-state index contributed by atoms with van der Waals surface area (Å²) >= 11 is 5.68. The maximum absolute atomic E-state index is 13.5. The third-order valence-electron chi connectivity index (χ3n) is 6.45. The molecule has 33 heavy (non-hydrogen) atoms. The van der Waals surface area contributed by atoms with Gasteiger partial charge in [-0.05, 0) is 24.3 Å². The molecular weight excluding hydrogens is 530 g/mol. The van der Waals surface area contributed by atoms with E-state index >= 15 is 0 Å². The van der Waals surface area contributed by atoms with E-state index in [-0.39, 0.29) is 29.1 Å². The van der Waals surface area contributed by atoms with Crippen molar-refractivity contribution in [3.8, 4) is 0 Å². The minimum atomic E-state index is -0.723. The Kier molecular flexibility index (Phi) is 5.79. The number of fused-ring (bicyclic) bond motifs is 2. The van der Waals surface area contributed by atoms with Crippen LogP contribution in [0, 0.1) is 5.92 Å². The number of imide groups is 1. The summed E-state index contributed by atoms with van der Waals surface area (Å²) in [5, 5.41) is -0.0287. The average Bonchev–Trinajstić information content (AvgIpc) is 3.24. The molecule has 8 nitrogen and oxygen atoms in total. The third-order valence-corrected chi connectivity index (χ3v) is 9.80. The molecule has 0 unspecified atom stereocenters. The molecule has 2 saturated heterocycles. The molecule has 3 aliphatic rings. The number of hydrogen-bond donors (Lipinski definition) is 0. The van der Waals surface area contributed by atoms with Gasteiger partial charge in [-0.1, -0.05) is 52.9 Å². The van der Waals surface area contributed by atoms with Crippen LogP contribution < -0.4 is 9.77 Å². The van der Waals surface area contributed by atoms with Gasteiger partial charge >= 0.3 is 4.87 Å². The van der Waals surface area contributed by atoms with Crippen LogP contribution in [0.1, 0.15) is 18.7 Å². The van der Waals surface area contributed by atoms with Crippen molar-refractivity contribution in [3.63, 3.8) is 0 Å². The summed E-state index contributed by atoms with van der Waals surface area (Å²) < 4.78 is 7.64. The molecule has 2 fully saturated rings. The van der Waals surface area contributed by atoms with Gasteiger partial charge in [0.2, 0.25) is 17.7 Å².